The third-order valence-corrected chi connectivity index (χ3v) is 9.34. The topological polar surface area (TPSA) is 115 Å². The van der Waals surface area contributed by atoms with Crippen LogP contribution in [0.4, 0.5) is 20.6 Å². The molecular weight excluding hydrogens is 649 g/mol. The van der Waals surface area contributed by atoms with Crippen molar-refractivity contribution in [1.82, 2.24) is 15.3 Å². The van der Waals surface area contributed by atoms with Gasteiger partial charge < -0.3 is 0 Å². The zero-order valence-corrected chi connectivity index (χ0v) is 20.7. The molecular formula is C20H15FI2N4O5-2. The molecule has 0 radical (unpaired) electrons. The number of anilines is 2. The number of para-hydroxylation sites is 1. The average molecular weight is 664 g/mol. The molecule has 4 heterocycles. The zero-order valence-electron chi connectivity index (χ0n) is 16.4. The van der Waals surface area contributed by atoms with Crippen LogP contribution in [0.3, 0.4) is 0 Å². The molecule has 0 saturated carbocycles. The fourth-order valence-corrected chi connectivity index (χ4v) is 7.10. The zero-order chi connectivity index (χ0) is 22.2. The van der Waals surface area contributed by atoms with Crippen molar-refractivity contribution in [2.24, 2.45) is 0 Å². The Kier molecular flexibility index (Phi) is 5.79. The molecule has 3 N–H and O–H groups in total. The third kappa shape index (κ3) is 3.74. The van der Waals surface area contributed by atoms with E-state index in [1.807, 2.05) is 0 Å². The van der Waals surface area contributed by atoms with Crippen molar-refractivity contribution in [3.8, 4) is 22.8 Å². The van der Waals surface area contributed by atoms with E-state index >= 15 is 0 Å². The number of hydrogen-bond acceptors (Lipinski definition) is 7. The van der Waals surface area contributed by atoms with Gasteiger partial charge in [-0.3, -0.25) is 0 Å². The minimum atomic E-state index is -1.35. The van der Waals surface area contributed by atoms with E-state index in [2.05, 4.69) is 20.6 Å². The molecule has 3 aromatic rings. The molecule has 32 heavy (non-hydrogen) atoms. The predicted molar refractivity (Wildman–Crippen MR) is 102 cm³/mol. The Morgan fingerprint density at radius 1 is 1.28 bits per heavy atom. The summed E-state index contributed by atoms with van der Waals surface area (Å²) in [6.07, 6.45) is 3.11. The van der Waals surface area contributed by atoms with Crippen LogP contribution < -0.4 is 61.7 Å². The second kappa shape index (κ2) is 8.73. The summed E-state index contributed by atoms with van der Waals surface area (Å²) in [5.74, 6) is -0.397. The van der Waals surface area contributed by atoms with Gasteiger partial charge in [0.15, 0.2) is 0 Å². The molecule has 0 spiro atoms. The quantitative estimate of drug-likeness (QED) is 0.159. The fraction of sp³-hybridized carbons (Fsp3) is 0.150. The second-order valence-electron chi connectivity index (χ2n) is 6.72. The molecule has 12 heteroatoms. The SMILES string of the molecule is COc1c(F)cccc1Nc1c2[nH]c3c1C(=O)NC[C@H]3[I-]OC(=O)[I-]Oc1cnccc1-2. The Balaban J connectivity index is 1.74. The minimum absolute atomic E-state index is 0.0284. The predicted octanol–water partition coefficient (Wildman–Crippen LogP) is -2.71. The maximum atomic E-state index is 14.3. The van der Waals surface area contributed by atoms with Gasteiger partial charge in [0.2, 0.25) is 0 Å². The van der Waals surface area contributed by atoms with Gasteiger partial charge >= 0.3 is 204 Å². The Hall–Kier alpha value is -2.62. The number of aromatic amines is 1. The molecule has 9 nitrogen and oxygen atoms in total. The molecule has 5 rings (SSSR count). The van der Waals surface area contributed by atoms with E-state index in [1.54, 1.807) is 24.4 Å². The molecule has 0 aliphatic carbocycles. The molecule has 2 aliphatic heterocycles. The van der Waals surface area contributed by atoms with Gasteiger partial charge in [-0.1, -0.05) is 0 Å². The van der Waals surface area contributed by atoms with Gasteiger partial charge in [-0.15, -0.1) is 0 Å². The molecule has 0 fully saturated rings. The summed E-state index contributed by atoms with van der Waals surface area (Å²) in [4.78, 5) is 32.6. The molecule has 0 unspecified atom stereocenters. The second-order valence-corrected chi connectivity index (χ2v) is 10.9. The molecule has 168 valence electrons. The first-order chi connectivity index (χ1) is 15.6. The summed E-state index contributed by atoms with van der Waals surface area (Å²) in [7, 11) is 1.38. The van der Waals surface area contributed by atoms with Crippen LogP contribution in [0.1, 0.15) is 20.0 Å². The number of halogens is 3. The van der Waals surface area contributed by atoms with Crippen LogP contribution in [0.25, 0.3) is 11.3 Å². The summed E-state index contributed by atoms with van der Waals surface area (Å²) in [6.45, 7) is 0.359. The number of fused-ring (bicyclic) bond motifs is 3. The van der Waals surface area contributed by atoms with Crippen molar-refractivity contribution in [2.75, 3.05) is 19.0 Å². The van der Waals surface area contributed by atoms with Gasteiger partial charge in [-0.05, 0) is 0 Å². The van der Waals surface area contributed by atoms with Crippen molar-refractivity contribution in [1.29, 1.82) is 0 Å². The summed E-state index contributed by atoms with van der Waals surface area (Å²) in [5, 5.41) is 6.06. The van der Waals surface area contributed by atoms with Crippen molar-refractivity contribution in [2.45, 2.75) is 3.92 Å². The van der Waals surface area contributed by atoms with E-state index in [9.17, 15) is 14.0 Å². The van der Waals surface area contributed by atoms with Crippen molar-refractivity contribution < 1.29 is 68.1 Å². The number of carbonyl (C=O) groups is 2. The van der Waals surface area contributed by atoms with Crippen molar-refractivity contribution in [3.05, 3.63) is 53.7 Å². The summed E-state index contributed by atoms with van der Waals surface area (Å²) < 4.78 is 30.3. The maximum absolute atomic E-state index is 14.3. The molecule has 1 amide bonds. The van der Waals surface area contributed by atoms with Gasteiger partial charge in [0, 0.05) is 0 Å². The molecule has 2 aliphatic rings. The number of nitrogens with one attached hydrogen (secondary N) is 3. The van der Waals surface area contributed by atoms with Gasteiger partial charge in [0.05, 0.1) is 0 Å². The van der Waals surface area contributed by atoms with Crippen molar-refractivity contribution >= 4 is 21.3 Å². The first-order valence-corrected chi connectivity index (χ1v) is 13.4. The normalized spacial score (nSPS) is 17.8. The third-order valence-electron chi connectivity index (χ3n) is 4.89. The number of carbonyl (C=O) groups excluding carboxylic acids is 2. The van der Waals surface area contributed by atoms with Crippen LogP contribution in [0.15, 0.2) is 36.7 Å². The van der Waals surface area contributed by atoms with Crippen molar-refractivity contribution in [3.63, 3.8) is 0 Å². The van der Waals surface area contributed by atoms with E-state index in [0.29, 0.717) is 46.2 Å². The molecule has 1 aromatic carbocycles. The number of H-pyrrole nitrogens is 1. The Bertz CT molecular complexity index is 1230. The fourth-order valence-electron chi connectivity index (χ4n) is 3.54. The number of methoxy groups -OCH3 is 1. The first-order valence-electron chi connectivity index (χ1n) is 9.31. The average Bonchev–Trinajstić information content (AvgIpc) is 3.16. The van der Waals surface area contributed by atoms with Gasteiger partial charge in [0.25, 0.3) is 0 Å². The number of amides is 1. The van der Waals surface area contributed by atoms with Crippen LogP contribution in [0.2, 0.25) is 0 Å². The van der Waals surface area contributed by atoms with E-state index in [1.165, 1.54) is 19.4 Å². The number of nitrogens with zero attached hydrogens (tertiary/aromatic N) is 1. The molecule has 1 atom stereocenters. The van der Waals surface area contributed by atoms with E-state index in [4.69, 9.17) is 10.9 Å². The summed E-state index contributed by atoms with van der Waals surface area (Å²) in [6, 6.07) is 6.24. The van der Waals surface area contributed by atoms with E-state index in [-0.39, 0.29) is 19.6 Å². The van der Waals surface area contributed by atoms with Crippen LogP contribution >= 0.6 is 0 Å². The van der Waals surface area contributed by atoms with Gasteiger partial charge in [-0.25, -0.2) is 0 Å². The monoisotopic (exact) mass is 664 g/mol. The number of aromatic nitrogens is 2. The number of benzene rings is 1. The van der Waals surface area contributed by atoms with Gasteiger partial charge in [-0.2, -0.15) is 0 Å². The Morgan fingerprint density at radius 3 is 3.00 bits per heavy atom. The van der Waals surface area contributed by atoms with E-state index in [0.717, 1.165) is 0 Å². The number of ether oxygens (including phenoxy) is 1. The molecule has 2 bridgehead atoms. The first kappa shape index (κ1) is 21.2. The number of hydrogen-bond donors (Lipinski definition) is 3. The number of alkyl halides is 1. The Morgan fingerprint density at radius 2 is 2.16 bits per heavy atom. The molecule has 2 aromatic heterocycles. The standard InChI is InChI=1S/C20H15FI2N4O5/c1-30-18-10(21)3-2-4-12(18)26-17-14-16-11(7-25-19(14)28)22-32-20(29)23-31-13-8-24-6-5-9(13)15(17)27-16/h2-6,8,11,26-27H,7H2,1H3,(H,25,28)/q-2/t11-/m1/s1. The van der Waals surface area contributed by atoms with Crippen LogP contribution in [-0.4, -0.2) is 33.5 Å². The number of pyridine rings is 1. The van der Waals surface area contributed by atoms with Crippen LogP contribution in [0.5, 0.6) is 11.5 Å². The number of rotatable bonds is 3. The van der Waals surface area contributed by atoms with Crippen LogP contribution in [0, 0.1) is 5.82 Å². The summed E-state index contributed by atoms with van der Waals surface area (Å²) in [5.41, 5.74) is 3.06. The van der Waals surface area contributed by atoms with Gasteiger partial charge in [0.1, 0.15) is 0 Å². The molecule has 0 saturated heterocycles. The van der Waals surface area contributed by atoms with E-state index < -0.39 is 49.1 Å². The Labute approximate surface area is 203 Å². The van der Waals surface area contributed by atoms with Crippen LogP contribution in [-0.2, 0) is 3.07 Å². The summed E-state index contributed by atoms with van der Waals surface area (Å²) >= 11 is -2.41.